The van der Waals surface area contributed by atoms with Gasteiger partial charge in [-0.05, 0) is 37.8 Å². The molecule has 0 amide bonds. The molecule has 1 atom stereocenters. The van der Waals surface area contributed by atoms with E-state index >= 15 is 0 Å². The Morgan fingerprint density at radius 2 is 1.90 bits per heavy atom. The number of nitrogens with zero attached hydrogens (tertiary/aromatic N) is 5. The second-order valence-corrected chi connectivity index (χ2v) is 7.75. The van der Waals surface area contributed by atoms with Gasteiger partial charge in [0.25, 0.3) is 5.82 Å². The number of morpholine rings is 1. The fourth-order valence-electron chi connectivity index (χ4n) is 4.52. The van der Waals surface area contributed by atoms with E-state index in [0.717, 1.165) is 22.9 Å². The van der Waals surface area contributed by atoms with Crippen molar-refractivity contribution in [1.82, 2.24) is 19.8 Å². The maximum atomic E-state index is 13.4. The number of ether oxygens (including phenoxy) is 1. The second kappa shape index (κ2) is 6.16. The van der Waals surface area contributed by atoms with Crippen molar-refractivity contribution in [2.45, 2.75) is 38.5 Å². The molecule has 0 radical (unpaired) electrons. The van der Waals surface area contributed by atoms with E-state index in [1.807, 2.05) is 24.0 Å². The van der Waals surface area contributed by atoms with Crippen LogP contribution in [0.1, 0.15) is 34.5 Å². The maximum Gasteiger partial charge on any atom is 0.453 e. The molecule has 9 heteroatoms. The number of hydrogen-bond donors (Lipinski definition) is 0. The third-order valence-electron chi connectivity index (χ3n) is 6.11. The van der Waals surface area contributed by atoms with Crippen LogP contribution in [0.3, 0.4) is 0 Å². The smallest absolute Gasteiger partial charge is 0.367 e. The summed E-state index contributed by atoms with van der Waals surface area (Å²) in [7, 11) is 0. The van der Waals surface area contributed by atoms with Crippen molar-refractivity contribution in [2.75, 3.05) is 24.6 Å². The standard InChI is InChI=1S/C20H20F3N5O/c1-12-13(2)17(26-28-16(12)24-25-18(28)20(21,22)23)27-9-10-29-19(11-27)8-7-14-5-3-4-6-15(14)19/h3-6H,7-11H2,1-2H3. The number of halogens is 3. The molecule has 0 saturated carbocycles. The van der Waals surface area contributed by atoms with Gasteiger partial charge in [0.05, 0.1) is 13.2 Å². The highest BCUT2D eigenvalue weighted by atomic mass is 19.4. The Morgan fingerprint density at radius 3 is 2.69 bits per heavy atom. The molecule has 0 bridgehead atoms. The first-order valence-electron chi connectivity index (χ1n) is 9.57. The van der Waals surface area contributed by atoms with Gasteiger partial charge in [-0.2, -0.15) is 17.7 Å². The zero-order valence-corrected chi connectivity index (χ0v) is 16.1. The van der Waals surface area contributed by atoms with Crippen LogP contribution in [0.5, 0.6) is 0 Å². The monoisotopic (exact) mass is 403 g/mol. The van der Waals surface area contributed by atoms with Gasteiger partial charge in [0.2, 0.25) is 0 Å². The molecule has 5 rings (SSSR count). The number of rotatable bonds is 1. The number of hydrogen-bond acceptors (Lipinski definition) is 5. The Labute approximate surface area is 165 Å². The minimum absolute atomic E-state index is 0.132. The lowest BCUT2D eigenvalue weighted by Crippen LogP contribution is -2.49. The lowest BCUT2D eigenvalue weighted by atomic mass is 9.93. The van der Waals surface area contributed by atoms with Crippen LogP contribution in [0.4, 0.5) is 19.0 Å². The molecule has 3 heterocycles. The van der Waals surface area contributed by atoms with Crippen LogP contribution in [0.2, 0.25) is 0 Å². The fourth-order valence-corrected chi connectivity index (χ4v) is 4.52. The van der Waals surface area contributed by atoms with Crippen LogP contribution in [0.15, 0.2) is 24.3 Å². The van der Waals surface area contributed by atoms with Crippen LogP contribution >= 0.6 is 0 Å². The predicted molar refractivity (Wildman–Crippen MR) is 99.9 cm³/mol. The minimum Gasteiger partial charge on any atom is -0.367 e. The summed E-state index contributed by atoms with van der Waals surface area (Å²) in [5, 5.41) is 11.4. The molecule has 6 nitrogen and oxygen atoms in total. The average Bonchev–Trinajstić information content (AvgIpc) is 3.28. The zero-order chi connectivity index (χ0) is 20.4. The number of aryl methyl sites for hydroxylation is 2. The third-order valence-corrected chi connectivity index (χ3v) is 6.11. The predicted octanol–water partition coefficient (Wildman–Crippen LogP) is 3.44. The van der Waals surface area contributed by atoms with Gasteiger partial charge in [-0.3, -0.25) is 0 Å². The van der Waals surface area contributed by atoms with Crippen molar-refractivity contribution in [2.24, 2.45) is 0 Å². The highest BCUT2D eigenvalue weighted by Crippen LogP contribution is 2.43. The van der Waals surface area contributed by atoms with Crippen LogP contribution < -0.4 is 4.90 Å². The first kappa shape index (κ1) is 18.4. The van der Waals surface area contributed by atoms with Crippen LogP contribution in [0.25, 0.3) is 5.65 Å². The van der Waals surface area contributed by atoms with Gasteiger partial charge in [-0.15, -0.1) is 15.3 Å². The molecule has 1 saturated heterocycles. The summed E-state index contributed by atoms with van der Waals surface area (Å²) in [5.41, 5.74) is 3.57. The minimum atomic E-state index is -4.62. The molecule has 1 fully saturated rings. The Balaban J connectivity index is 1.60. The molecule has 1 aromatic carbocycles. The van der Waals surface area contributed by atoms with Gasteiger partial charge in [0.15, 0.2) is 11.5 Å². The topological polar surface area (TPSA) is 55.5 Å². The highest BCUT2D eigenvalue weighted by molar-refractivity contribution is 5.60. The van der Waals surface area contributed by atoms with Crippen molar-refractivity contribution in [3.63, 3.8) is 0 Å². The zero-order valence-electron chi connectivity index (χ0n) is 16.1. The maximum absolute atomic E-state index is 13.4. The third kappa shape index (κ3) is 2.71. The van der Waals surface area contributed by atoms with Crippen molar-refractivity contribution < 1.29 is 17.9 Å². The summed E-state index contributed by atoms with van der Waals surface area (Å²) in [6.45, 7) is 5.22. The lowest BCUT2D eigenvalue weighted by Gasteiger charge is -2.42. The summed E-state index contributed by atoms with van der Waals surface area (Å²) in [6.07, 6.45) is -2.84. The summed E-state index contributed by atoms with van der Waals surface area (Å²) >= 11 is 0. The fraction of sp³-hybridized carbons (Fsp3) is 0.450. The van der Waals surface area contributed by atoms with Crippen LogP contribution in [-0.4, -0.2) is 39.5 Å². The molecule has 3 aromatic rings. The number of aromatic nitrogens is 4. The highest BCUT2D eigenvalue weighted by Gasteiger charge is 2.44. The molecule has 2 aliphatic rings. The molecule has 1 aliphatic heterocycles. The second-order valence-electron chi connectivity index (χ2n) is 7.75. The van der Waals surface area contributed by atoms with E-state index in [0.29, 0.717) is 31.1 Å². The lowest BCUT2D eigenvalue weighted by molar-refractivity contribution is -0.146. The normalized spacial score (nSPS) is 21.9. The van der Waals surface area contributed by atoms with Gasteiger partial charge in [0, 0.05) is 17.7 Å². The largest absolute Gasteiger partial charge is 0.453 e. The first-order chi connectivity index (χ1) is 13.8. The van der Waals surface area contributed by atoms with Gasteiger partial charge < -0.3 is 9.64 Å². The summed E-state index contributed by atoms with van der Waals surface area (Å²) < 4.78 is 47.2. The number of benzene rings is 1. The van der Waals surface area contributed by atoms with E-state index in [1.54, 1.807) is 6.92 Å². The van der Waals surface area contributed by atoms with E-state index in [9.17, 15) is 13.2 Å². The Kier molecular flexibility index (Phi) is 3.90. The Bertz CT molecular complexity index is 1110. The molecule has 2 aromatic heterocycles. The molecule has 1 spiro atoms. The molecule has 152 valence electrons. The van der Waals surface area contributed by atoms with Gasteiger partial charge in [0.1, 0.15) is 5.60 Å². The SMILES string of the molecule is Cc1c(N2CCOC3(CCc4ccccc43)C2)nn2c(C(F)(F)F)nnc2c1C. The first-order valence-corrected chi connectivity index (χ1v) is 9.57. The average molecular weight is 403 g/mol. The molecule has 1 unspecified atom stereocenters. The van der Waals surface area contributed by atoms with Crippen molar-refractivity contribution in [3.8, 4) is 0 Å². The number of alkyl halides is 3. The number of anilines is 1. The summed E-state index contributed by atoms with van der Waals surface area (Å²) in [4.78, 5) is 2.04. The van der Waals surface area contributed by atoms with Crippen molar-refractivity contribution in [3.05, 3.63) is 52.3 Å². The van der Waals surface area contributed by atoms with Gasteiger partial charge >= 0.3 is 6.18 Å². The molecule has 0 N–H and O–H groups in total. The van der Waals surface area contributed by atoms with E-state index in [1.165, 1.54) is 11.1 Å². The van der Waals surface area contributed by atoms with E-state index in [4.69, 9.17) is 4.74 Å². The number of fused-ring (bicyclic) bond motifs is 3. The molecular weight excluding hydrogens is 383 g/mol. The van der Waals surface area contributed by atoms with Crippen molar-refractivity contribution >= 4 is 11.5 Å². The molecular formula is C20H20F3N5O. The van der Waals surface area contributed by atoms with E-state index < -0.39 is 17.6 Å². The molecule has 1 aliphatic carbocycles. The van der Waals surface area contributed by atoms with Gasteiger partial charge in [-0.1, -0.05) is 24.3 Å². The quantitative estimate of drug-likeness (QED) is 0.623. The van der Waals surface area contributed by atoms with E-state index in [-0.39, 0.29) is 5.65 Å². The Hall–Kier alpha value is -2.68. The van der Waals surface area contributed by atoms with Crippen LogP contribution in [-0.2, 0) is 22.9 Å². The summed E-state index contributed by atoms with van der Waals surface area (Å²) in [6, 6.07) is 8.22. The van der Waals surface area contributed by atoms with Gasteiger partial charge in [-0.25, -0.2) is 0 Å². The molecule has 29 heavy (non-hydrogen) atoms. The Morgan fingerprint density at radius 1 is 1.10 bits per heavy atom. The van der Waals surface area contributed by atoms with E-state index in [2.05, 4.69) is 27.4 Å². The summed E-state index contributed by atoms with van der Waals surface area (Å²) in [5.74, 6) is -0.585. The van der Waals surface area contributed by atoms with Crippen LogP contribution in [0, 0.1) is 13.8 Å². The van der Waals surface area contributed by atoms with Crippen molar-refractivity contribution in [1.29, 1.82) is 0 Å².